The Balaban J connectivity index is 1.61. The van der Waals surface area contributed by atoms with E-state index in [0.29, 0.717) is 26.1 Å². The topological polar surface area (TPSA) is 101 Å². The molecule has 1 aromatic heterocycles. The predicted molar refractivity (Wildman–Crippen MR) is 113 cm³/mol. The second-order valence-corrected chi connectivity index (χ2v) is 7.61. The Hall–Kier alpha value is -2.15. The van der Waals surface area contributed by atoms with Gasteiger partial charge in [-0.1, -0.05) is 19.9 Å². The van der Waals surface area contributed by atoms with Crippen LogP contribution in [0.1, 0.15) is 63.6 Å². The van der Waals surface area contributed by atoms with Gasteiger partial charge in [-0.05, 0) is 56.6 Å². The summed E-state index contributed by atoms with van der Waals surface area (Å²) >= 11 is 0. The molecule has 1 aliphatic rings. The number of fused-ring (bicyclic) bond motifs is 1. The smallest absolute Gasteiger partial charge is 0.326 e. The number of carbonyl (C=O) groups is 2. The van der Waals surface area contributed by atoms with Crippen LogP contribution in [0.5, 0.6) is 0 Å². The number of nitrogens with one attached hydrogen (secondary N) is 2. The predicted octanol–water partition coefficient (Wildman–Crippen LogP) is 3.17. The molecular formula is C22H35N3O4. The van der Waals surface area contributed by atoms with Gasteiger partial charge in [0.05, 0.1) is 6.61 Å². The second kappa shape index (κ2) is 12.4. The summed E-state index contributed by atoms with van der Waals surface area (Å²) in [5.41, 5.74) is 2.30. The number of pyridine rings is 1. The highest BCUT2D eigenvalue weighted by Gasteiger charge is 2.23. The largest absolute Gasteiger partial charge is 0.480 e. The Morgan fingerprint density at radius 1 is 1.24 bits per heavy atom. The van der Waals surface area contributed by atoms with Gasteiger partial charge in [-0.2, -0.15) is 0 Å². The normalized spacial score (nSPS) is 14.2. The van der Waals surface area contributed by atoms with E-state index in [1.165, 1.54) is 5.56 Å². The molecule has 0 aromatic carbocycles. The van der Waals surface area contributed by atoms with Crippen LogP contribution in [0.2, 0.25) is 0 Å². The molecule has 1 aliphatic heterocycles. The van der Waals surface area contributed by atoms with E-state index in [-0.39, 0.29) is 11.8 Å². The zero-order valence-corrected chi connectivity index (χ0v) is 17.7. The first-order chi connectivity index (χ1) is 14.0. The standard InChI is InChI=1S/C22H35N3O4/c1-3-16(4-2)21(26)25-19(22(27)28)9-5-6-14-29-15-12-18-11-10-17-8-7-13-23-20(17)24-18/h10-11,16,19H,3-9,12-15H2,1-2H3,(H,23,24)(H,25,26)(H,27,28)/t19-/m0/s1. The number of unbranched alkanes of at least 4 members (excludes halogenated alkanes) is 1. The molecule has 0 bridgehead atoms. The first-order valence-electron chi connectivity index (χ1n) is 10.9. The van der Waals surface area contributed by atoms with Crippen LogP contribution in [0.25, 0.3) is 0 Å². The number of carboxylic acids is 1. The van der Waals surface area contributed by atoms with E-state index < -0.39 is 12.0 Å². The fourth-order valence-corrected chi connectivity index (χ4v) is 3.55. The molecule has 29 heavy (non-hydrogen) atoms. The number of carboxylic acid groups (broad SMARTS) is 1. The molecule has 0 radical (unpaired) electrons. The van der Waals surface area contributed by atoms with E-state index in [4.69, 9.17) is 4.74 Å². The minimum absolute atomic E-state index is 0.118. The van der Waals surface area contributed by atoms with Gasteiger partial charge in [0.2, 0.25) is 5.91 Å². The van der Waals surface area contributed by atoms with Crippen molar-refractivity contribution in [2.24, 2.45) is 5.92 Å². The van der Waals surface area contributed by atoms with Crippen LogP contribution in [0, 0.1) is 5.92 Å². The first kappa shape index (κ1) is 23.1. The van der Waals surface area contributed by atoms with Crippen molar-refractivity contribution in [3.8, 4) is 0 Å². The summed E-state index contributed by atoms with van der Waals surface area (Å²) in [4.78, 5) is 28.2. The van der Waals surface area contributed by atoms with E-state index in [1.54, 1.807) is 0 Å². The van der Waals surface area contributed by atoms with Crippen molar-refractivity contribution in [2.45, 2.75) is 71.3 Å². The van der Waals surface area contributed by atoms with Crippen molar-refractivity contribution >= 4 is 17.7 Å². The number of aryl methyl sites for hydroxylation is 1. The number of ether oxygens (including phenoxy) is 1. The number of hydrogen-bond acceptors (Lipinski definition) is 5. The van der Waals surface area contributed by atoms with Crippen LogP contribution in [0.15, 0.2) is 12.1 Å². The van der Waals surface area contributed by atoms with Crippen LogP contribution < -0.4 is 10.6 Å². The van der Waals surface area contributed by atoms with E-state index in [1.807, 2.05) is 13.8 Å². The summed E-state index contributed by atoms with van der Waals surface area (Å²) in [6.45, 7) is 6.04. The van der Waals surface area contributed by atoms with Gasteiger partial charge in [0.15, 0.2) is 0 Å². The van der Waals surface area contributed by atoms with Crippen LogP contribution in [0.4, 0.5) is 5.82 Å². The quantitative estimate of drug-likeness (QED) is 0.436. The average Bonchev–Trinajstić information content (AvgIpc) is 2.72. The Morgan fingerprint density at radius 3 is 2.76 bits per heavy atom. The number of hydrogen-bond donors (Lipinski definition) is 3. The maximum Gasteiger partial charge on any atom is 0.326 e. The van der Waals surface area contributed by atoms with Gasteiger partial charge in [0, 0.05) is 31.2 Å². The van der Waals surface area contributed by atoms with Crippen LogP contribution in [-0.2, 0) is 27.2 Å². The highest BCUT2D eigenvalue weighted by atomic mass is 16.5. The lowest BCUT2D eigenvalue weighted by Crippen LogP contribution is -2.43. The molecule has 0 fully saturated rings. The lowest BCUT2D eigenvalue weighted by Gasteiger charge is -2.18. The molecule has 2 heterocycles. The van der Waals surface area contributed by atoms with Crippen molar-refractivity contribution in [1.82, 2.24) is 10.3 Å². The Bertz CT molecular complexity index is 661. The number of carbonyl (C=O) groups excluding carboxylic acids is 1. The fourth-order valence-electron chi connectivity index (χ4n) is 3.55. The summed E-state index contributed by atoms with van der Waals surface area (Å²) < 4.78 is 5.68. The van der Waals surface area contributed by atoms with Crippen LogP contribution in [-0.4, -0.2) is 47.8 Å². The lowest BCUT2D eigenvalue weighted by atomic mass is 10.0. The molecule has 0 spiro atoms. The van der Waals surface area contributed by atoms with Crippen LogP contribution in [0.3, 0.4) is 0 Å². The Kier molecular flexibility index (Phi) is 9.91. The molecule has 0 saturated heterocycles. The minimum Gasteiger partial charge on any atom is -0.480 e. The molecule has 0 aliphatic carbocycles. The number of anilines is 1. The molecule has 1 aromatic rings. The van der Waals surface area contributed by atoms with Crippen molar-refractivity contribution in [3.05, 3.63) is 23.4 Å². The maximum absolute atomic E-state index is 12.1. The third kappa shape index (κ3) is 7.65. The summed E-state index contributed by atoms with van der Waals surface area (Å²) in [6, 6.07) is 3.39. The number of aliphatic carboxylic acids is 1. The van der Waals surface area contributed by atoms with Gasteiger partial charge in [-0.25, -0.2) is 9.78 Å². The molecule has 1 atom stereocenters. The number of rotatable bonds is 13. The highest BCUT2D eigenvalue weighted by molar-refractivity contribution is 5.84. The van der Waals surface area contributed by atoms with Crippen LogP contribution >= 0.6 is 0 Å². The fraction of sp³-hybridized carbons (Fsp3) is 0.682. The summed E-state index contributed by atoms with van der Waals surface area (Å²) in [5, 5.41) is 15.4. The zero-order valence-electron chi connectivity index (χ0n) is 17.7. The van der Waals surface area contributed by atoms with Crippen molar-refractivity contribution < 1.29 is 19.4 Å². The molecular weight excluding hydrogens is 370 g/mol. The molecule has 0 saturated carbocycles. The van der Waals surface area contributed by atoms with Crippen molar-refractivity contribution in [2.75, 3.05) is 25.1 Å². The van der Waals surface area contributed by atoms with Gasteiger partial charge in [0.1, 0.15) is 11.9 Å². The monoisotopic (exact) mass is 405 g/mol. The van der Waals surface area contributed by atoms with E-state index in [2.05, 4.69) is 27.8 Å². The number of aromatic nitrogens is 1. The van der Waals surface area contributed by atoms with Gasteiger partial charge >= 0.3 is 5.97 Å². The second-order valence-electron chi connectivity index (χ2n) is 7.61. The van der Waals surface area contributed by atoms with Crippen molar-refractivity contribution in [1.29, 1.82) is 0 Å². The maximum atomic E-state index is 12.1. The van der Waals surface area contributed by atoms with E-state index in [9.17, 15) is 14.7 Å². The molecule has 1 amide bonds. The average molecular weight is 406 g/mol. The number of nitrogens with zero attached hydrogens (tertiary/aromatic N) is 1. The summed E-state index contributed by atoms with van der Waals surface area (Å²) in [7, 11) is 0. The van der Waals surface area contributed by atoms with Gasteiger partial charge < -0.3 is 20.5 Å². The van der Waals surface area contributed by atoms with E-state index >= 15 is 0 Å². The molecule has 3 N–H and O–H groups in total. The van der Waals surface area contributed by atoms with Gasteiger partial charge in [-0.3, -0.25) is 4.79 Å². The first-order valence-corrected chi connectivity index (χ1v) is 10.9. The summed E-state index contributed by atoms with van der Waals surface area (Å²) in [5.74, 6) is -0.250. The van der Waals surface area contributed by atoms with Gasteiger partial charge in [-0.15, -0.1) is 0 Å². The highest BCUT2D eigenvalue weighted by Crippen LogP contribution is 2.19. The molecule has 7 heteroatoms. The molecule has 0 unspecified atom stereocenters. The number of amides is 1. The van der Waals surface area contributed by atoms with E-state index in [0.717, 1.165) is 56.6 Å². The lowest BCUT2D eigenvalue weighted by molar-refractivity contribution is -0.142. The molecule has 162 valence electrons. The van der Waals surface area contributed by atoms with Crippen molar-refractivity contribution in [3.63, 3.8) is 0 Å². The Morgan fingerprint density at radius 2 is 2.03 bits per heavy atom. The summed E-state index contributed by atoms with van der Waals surface area (Å²) in [6.07, 6.45) is 6.32. The molecule has 2 rings (SSSR count). The zero-order chi connectivity index (χ0) is 21.1. The Labute approximate surface area is 173 Å². The third-order valence-corrected chi connectivity index (χ3v) is 5.46. The SMILES string of the molecule is CCC(CC)C(=O)N[C@@H](CCCCOCCc1ccc2c(n1)NCCC2)C(=O)O. The van der Waals surface area contributed by atoms with Gasteiger partial charge in [0.25, 0.3) is 0 Å². The minimum atomic E-state index is -0.975. The molecule has 7 nitrogen and oxygen atoms in total. The third-order valence-electron chi connectivity index (χ3n) is 5.46.